The van der Waals surface area contributed by atoms with Crippen LogP contribution in [0.15, 0.2) is 41.1 Å². The molecule has 1 aliphatic rings. The minimum absolute atomic E-state index is 0.313. The zero-order valence-corrected chi connectivity index (χ0v) is 13.1. The van der Waals surface area contributed by atoms with E-state index in [0.29, 0.717) is 12.1 Å². The van der Waals surface area contributed by atoms with Gasteiger partial charge in [0.15, 0.2) is 0 Å². The lowest BCUT2D eigenvalue weighted by Gasteiger charge is -2.31. The molecular weight excluding hydrogens is 314 g/mol. The Morgan fingerprint density at radius 2 is 2.00 bits per heavy atom. The molecular formula is C16H18BrN3. The Labute approximate surface area is 128 Å². The van der Waals surface area contributed by atoms with E-state index in [2.05, 4.69) is 50.3 Å². The number of nitrogens with one attached hydrogen (secondary N) is 1. The fraction of sp³-hybridized carbons (Fsp3) is 0.375. The van der Waals surface area contributed by atoms with E-state index in [9.17, 15) is 0 Å². The van der Waals surface area contributed by atoms with Crippen molar-refractivity contribution in [3.8, 4) is 0 Å². The molecule has 0 spiro atoms. The van der Waals surface area contributed by atoms with E-state index in [1.165, 1.54) is 17.7 Å². The molecule has 1 N–H and O–H groups in total. The van der Waals surface area contributed by atoms with Crippen molar-refractivity contribution in [1.29, 1.82) is 0 Å². The molecule has 0 radical (unpaired) electrons. The molecule has 0 amide bonds. The second-order valence-electron chi connectivity index (χ2n) is 5.29. The molecule has 0 aliphatic carbocycles. The fourth-order valence-corrected chi connectivity index (χ4v) is 3.22. The average Bonchev–Trinajstić information content (AvgIpc) is 2.48. The standard InChI is InChI=1S/C16H18BrN3/c1-11-5-4-10-18-16(11)14-8-2-6-12(19-14)13-7-3-9-15(17)20-13/h3-5,7,9-10,12,14,19H,2,6,8H2,1H3/t12-,14+/m1/s1. The predicted octanol–water partition coefficient (Wildman–Crippen LogP) is 4.10. The van der Waals surface area contributed by atoms with Gasteiger partial charge in [0.2, 0.25) is 0 Å². The molecule has 4 heteroatoms. The van der Waals surface area contributed by atoms with Gasteiger partial charge in [0, 0.05) is 6.20 Å². The number of aromatic nitrogens is 2. The van der Waals surface area contributed by atoms with E-state index in [0.717, 1.165) is 23.1 Å². The number of nitrogens with zero attached hydrogens (tertiary/aromatic N) is 2. The molecule has 1 aliphatic heterocycles. The van der Waals surface area contributed by atoms with Gasteiger partial charge in [-0.3, -0.25) is 4.98 Å². The first-order valence-corrected chi connectivity index (χ1v) is 7.83. The fourth-order valence-electron chi connectivity index (χ4n) is 2.87. The molecule has 3 heterocycles. The van der Waals surface area contributed by atoms with E-state index in [1.807, 2.05) is 24.4 Å². The van der Waals surface area contributed by atoms with Gasteiger partial charge in [0.25, 0.3) is 0 Å². The maximum atomic E-state index is 4.58. The van der Waals surface area contributed by atoms with Gasteiger partial charge in [0.1, 0.15) is 4.60 Å². The molecule has 3 rings (SSSR count). The van der Waals surface area contributed by atoms with Gasteiger partial charge in [-0.2, -0.15) is 0 Å². The molecule has 0 aromatic carbocycles. The van der Waals surface area contributed by atoms with Crippen LogP contribution in [0.5, 0.6) is 0 Å². The maximum absolute atomic E-state index is 4.58. The first-order chi connectivity index (χ1) is 9.74. The lowest BCUT2D eigenvalue weighted by Crippen LogP contribution is -2.32. The summed E-state index contributed by atoms with van der Waals surface area (Å²) in [5.41, 5.74) is 3.54. The Morgan fingerprint density at radius 3 is 2.80 bits per heavy atom. The minimum Gasteiger partial charge on any atom is -0.300 e. The van der Waals surface area contributed by atoms with Crippen LogP contribution in [-0.4, -0.2) is 9.97 Å². The van der Waals surface area contributed by atoms with Gasteiger partial charge in [-0.05, 0) is 65.9 Å². The molecule has 1 fully saturated rings. The Balaban J connectivity index is 1.82. The maximum Gasteiger partial charge on any atom is 0.106 e. The van der Waals surface area contributed by atoms with Crippen LogP contribution in [0.1, 0.15) is 48.3 Å². The van der Waals surface area contributed by atoms with Crippen molar-refractivity contribution in [3.05, 3.63) is 58.1 Å². The average molecular weight is 332 g/mol. The van der Waals surface area contributed by atoms with Crippen molar-refractivity contribution in [1.82, 2.24) is 15.3 Å². The van der Waals surface area contributed by atoms with Gasteiger partial charge in [-0.15, -0.1) is 0 Å². The smallest absolute Gasteiger partial charge is 0.106 e. The van der Waals surface area contributed by atoms with Crippen molar-refractivity contribution in [2.24, 2.45) is 0 Å². The van der Waals surface area contributed by atoms with E-state index < -0.39 is 0 Å². The summed E-state index contributed by atoms with van der Waals surface area (Å²) in [6.07, 6.45) is 5.35. The highest BCUT2D eigenvalue weighted by Gasteiger charge is 2.25. The lowest BCUT2D eigenvalue weighted by atomic mass is 9.93. The monoisotopic (exact) mass is 331 g/mol. The van der Waals surface area contributed by atoms with Gasteiger partial charge in [-0.25, -0.2) is 4.98 Å². The number of piperidine rings is 1. The molecule has 2 aromatic heterocycles. The molecule has 0 saturated carbocycles. The second-order valence-corrected chi connectivity index (χ2v) is 6.11. The van der Waals surface area contributed by atoms with E-state index in [-0.39, 0.29) is 0 Å². The predicted molar refractivity (Wildman–Crippen MR) is 83.4 cm³/mol. The normalized spacial score (nSPS) is 22.7. The van der Waals surface area contributed by atoms with Crippen LogP contribution in [0.3, 0.4) is 0 Å². The molecule has 0 unspecified atom stereocenters. The minimum atomic E-state index is 0.313. The summed E-state index contributed by atoms with van der Waals surface area (Å²) in [6.45, 7) is 2.13. The third-order valence-electron chi connectivity index (χ3n) is 3.86. The van der Waals surface area contributed by atoms with Gasteiger partial charge in [0.05, 0.1) is 23.5 Å². The topological polar surface area (TPSA) is 37.8 Å². The number of aryl methyl sites for hydroxylation is 1. The molecule has 20 heavy (non-hydrogen) atoms. The highest BCUT2D eigenvalue weighted by atomic mass is 79.9. The zero-order valence-electron chi connectivity index (χ0n) is 11.5. The summed E-state index contributed by atoms with van der Waals surface area (Å²) in [5.74, 6) is 0. The number of halogens is 1. The first-order valence-electron chi connectivity index (χ1n) is 7.04. The van der Waals surface area contributed by atoms with Crippen molar-refractivity contribution < 1.29 is 0 Å². The summed E-state index contributed by atoms with van der Waals surface area (Å²) in [4.78, 5) is 9.14. The third kappa shape index (κ3) is 2.91. The molecule has 2 atom stereocenters. The van der Waals surface area contributed by atoms with Crippen LogP contribution in [0, 0.1) is 6.92 Å². The largest absolute Gasteiger partial charge is 0.300 e. The lowest BCUT2D eigenvalue weighted by molar-refractivity contribution is 0.320. The van der Waals surface area contributed by atoms with Gasteiger partial charge < -0.3 is 5.32 Å². The Hall–Kier alpha value is -1.26. The Morgan fingerprint density at radius 1 is 1.15 bits per heavy atom. The van der Waals surface area contributed by atoms with E-state index in [1.54, 1.807) is 0 Å². The Kier molecular flexibility index (Phi) is 4.13. The number of hydrogen-bond acceptors (Lipinski definition) is 3. The summed E-state index contributed by atoms with van der Waals surface area (Å²) < 4.78 is 0.896. The summed E-state index contributed by atoms with van der Waals surface area (Å²) >= 11 is 3.45. The number of rotatable bonds is 2. The van der Waals surface area contributed by atoms with E-state index >= 15 is 0 Å². The van der Waals surface area contributed by atoms with Crippen molar-refractivity contribution in [3.63, 3.8) is 0 Å². The number of hydrogen-bond donors (Lipinski definition) is 1. The van der Waals surface area contributed by atoms with Crippen LogP contribution in [0.25, 0.3) is 0 Å². The summed E-state index contributed by atoms with van der Waals surface area (Å²) in [7, 11) is 0. The van der Waals surface area contributed by atoms with Crippen LogP contribution in [0.2, 0.25) is 0 Å². The van der Waals surface area contributed by atoms with Crippen LogP contribution >= 0.6 is 15.9 Å². The van der Waals surface area contributed by atoms with Gasteiger partial charge in [-0.1, -0.05) is 12.1 Å². The van der Waals surface area contributed by atoms with Crippen LogP contribution < -0.4 is 5.32 Å². The molecule has 1 saturated heterocycles. The molecule has 3 nitrogen and oxygen atoms in total. The van der Waals surface area contributed by atoms with Crippen LogP contribution in [-0.2, 0) is 0 Å². The van der Waals surface area contributed by atoms with Crippen molar-refractivity contribution >= 4 is 15.9 Å². The molecule has 0 bridgehead atoms. The number of pyridine rings is 2. The zero-order chi connectivity index (χ0) is 13.9. The van der Waals surface area contributed by atoms with Crippen LogP contribution in [0.4, 0.5) is 0 Å². The van der Waals surface area contributed by atoms with Crippen molar-refractivity contribution in [2.75, 3.05) is 0 Å². The molecule has 2 aromatic rings. The summed E-state index contributed by atoms with van der Waals surface area (Å²) in [5, 5.41) is 3.71. The van der Waals surface area contributed by atoms with E-state index in [4.69, 9.17) is 0 Å². The van der Waals surface area contributed by atoms with Crippen molar-refractivity contribution in [2.45, 2.75) is 38.3 Å². The van der Waals surface area contributed by atoms with Gasteiger partial charge >= 0.3 is 0 Å². The second kappa shape index (κ2) is 6.02. The Bertz CT molecular complexity index is 600. The third-order valence-corrected chi connectivity index (χ3v) is 4.30. The molecule has 104 valence electrons. The quantitative estimate of drug-likeness (QED) is 0.841. The highest BCUT2D eigenvalue weighted by molar-refractivity contribution is 9.10. The highest BCUT2D eigenvalue weighted by Crippen LogP contribution is 2.32. The first kappa shape index (κ1) is 13.7. The summed E-state index contributed by atoms with van der Waals surface area (Å²) in [6, 6.07) is 10.9. The SMILES string of the molecule is Cc1cccnc1[C@@H]1CCC[C@H](c2cccc(Br)n2)N1.